The maximum absolute atomic E-state index is 12.6. The van der Waals surface area contributed by atoms with Crippen molar-refractivity contribution in [3.8, 4) is 5.82 Å². The number of carbonyl (C=O) groups excluding carboxylic acids is 1. The van der Waals surface area contributed by atoms with Crippen molar-refractivity contribution in [2.45, 2.75) is 38.1 Å². The number of nitrogens with zero attached hydrogens (tertiary/aromatic N) is 3. The molecule has 1 fully saturated rings. The van der Waals surface area contributed by atoms with E-state index in [-0.39, 0.29) is 36.8 Å². The molecule has 3 rings (SSSR count). The number of halogens is 2. The second-order valence-corrected chi connectivity index (χ2v) is 6.09. The molecule has 1 aliphatic carbocycles. The number of amides is 1. The Bertz CT molecular complexity index is 644. The molecule has 2 aromatic rings. The highest BCUT2D eigenvalue weighted by Crippen LogP contribution is 2.26. The van der Waals surface area contributed by atoms with Crippen LogP contribution >= 0.6 is 24.8 Å². The van der Waals surface area contributed by atoms with Gasteiger partial charge in [0, 0.05) is 36.7 Å². The minimum absolute atomic E-state index is 0. The first-order valence-electron chi connectivity index (χ1n) is 8.23. The van der Waals surface area contributed by atoms with Gasteiger partial charge in [-0.2, -0.15) is 0 Å². The van der Waals surface area contributed by atoms with Crippen molar-refractivity contribution in [2.75, 3.05) is 6.54 Å². The molecular weight excluding hydrogens is 361 g/mol. The van der Waals surface area contributed by atoms with Crippen molar-refractivity contribution in [3.05, 3.63) is 42.6 Å². The largest absolute Gasteiger partial charge is 0.348 e. The summed E-state index contributed by atoms with van der Waals surface area (Å²) in [5, 5.41) is 3.11. The fourth-order valence-corrected chi connectivity index (χ4v) is 3.25. The summed E-state index contributed by atoms with van der Waals surface area (Å²) >= 11 is 0. The zero-order valence-electron chi connectivity index (χ0n) is 14.0. The van der Waals surface area contributed by atoms with Crippen LogP contribution in [0.2, 0.25) is 0 Å². The Morgan fingerprint density at radius 3 is 2.68 bits per heavy atom. The Hall–Kier alpha value is -1.63. The zero-order chi connectivity index (χ0) is 16.1. The normalized spacial score (nSPS) is 15.6. The van der Waals surface area contributed by atoms with Crippen LogP contribution in [-0.2, 0) is 0 Å². The second kappa shape index (κ2) is 10.4. The molecule has 1 saturated carbocycles. The Kier molecular flexibility index (Phi) is 8.89. The molecule has 1 unspecified atom stereocenters. The molecule has 2 heterocycles. The average Bonchev–Trinajstić information content (AvgIpc) is 3.15. The van der Waals surface area contributed by atoms with Gasteiger partial charge in [-0.05, 0) is 30.9 Å². The molecule has 25 heavy (non-hydrogen) atoms. The number of hydrogen-bond acceptors (Lipinski definition) is 4. The van der Waals surface area contributed by atoms with Gasteiger partial charge in [0.2, 0.25) is 0 Å². The summed E-state index contributed by atoms with van der Waals surface area (Å²) in [5.74, 6) is 1.08. The van der Waals surface area contributed by atoms with Crippen LogP contribution in [0.25, 0.3) is 5.82 Å². The van der Waals surface area contributed by atoms with E-state index in [0.29, 0.717) is 23.8 Å². The molecule has 0 aliphatic heterocycles. The van der Waals surface area contributed by atoms with Crippen LogP contribution in [0.15, 0.2) is 37.1 Å². The molecule has 0 bridgehead atoms. The summed E-state index contributed by atoms with van der Waals surface area (Å²) in [6.45, 7) is 0.482. The van der Waals surface area contributed by atoms with Crippen LogP contribution in [0.4, 0.5) is 0 Å². The molecule has 1 amide bonds. The van der Waals surface area contributed by atoms with Gasteiger partial charge < -0.3 is 11.1 Å². The molecule has 1 aliphatic rings. The van der Waals surface area contributed by atoms with Crippen molar-refractivity contribution in [1.29, 1.82) is 0 Å². The number of imidazole rings is 1. The number of carbonyl (C=O) groups is 1. The Morgan fingerprint density at radius 2 is 2.04 bits per heavy atom. The first-order chi connectivity index (χ1) is 11.3. The highest BCUT2D eigenvalue weighted by atomic mass is 35.5. The number of rotatable bonds is 5. The lowest BCUT2D eigenvalue weighted by Gasteiger charge is -2.30. The zero-order valence-corrected chi connectivity index (χ0v) is 15.6. The lowest BCUT2D eigenvalue weighted by atomic mass is 9.84. The monoisotopic (exact) mass is 385 g/mol. The number of aromatic nitrogens is 3. The van der Waals surface area contributed by atoms with Crippen molar-refractivity contribution in [3.63, 3.8) is 0 Å². The third-order valence-electron chi connectivity index (χ3n) is 4.57. The van der Waals surface area contributed by atoms with Gasteiger partial charge in [0.25, 0.3) is 5.91 Å². The number of nitrogens with two attached hydrogens (primary N) is 1. The SMILES string of the molecule is Cl.Cl.NCC(NC(=O)c1ccnc(-n2ccnc2)c1)C1CCCCC1. The van der Waals surface area contributed by atoms with Crippen LogP contribution in [0.3, 0.4) is 0 Å². The van der Waals surface area contributed by atoms with Crippen molar-refractivity contribution in [2.24, 2.45) is 11.7 Å². The highest BCUT2D eigenvalue weighted by Gasteiger charge is 2.24. The van der Waals surface area contributed by atoms with Crippen molar-refractivity contribution in [1.82, 2.24) is 19.9 Å². The first-order valence-corrected chi connectivity index (χ1v) is 8.23. The van der Waals surface area contributed by atoms with E-state index in [1.54, 1.807) is 41.6 Å². The van der Waals surface area contributed by atoms with Crippen molar-refractivity contribution < 1.29 is 4.79 Å². The topological polar surface area (TPSA) is 85.8 Å². The van der Waals surface area contributed by atoms with Gasteiger partial charge in [-0.25, -0.2) is 9.97 Å². The molecule has 0 aromatic carbocycles. The predicted molar refractivity (Wildman–Crippen MR) is 103 cm³/mol. The summed E-state index contributed by atoms with van der Waals surface area (Å²) in [6.07, 6.45) is 12.8. The molecule has 6 nitrogen and oxygen atoms in total. The average molecular weight is 386 g/mol. The molecule has 0 spiro atoms. The summed E-state index contributed by atoms with van der Waals surface area (Å²) in [5.41, 5.74) is 6.49. The van der Waals surface area contributed by atoms with E-state index in [2.05, 4.69) is 15.3 Å². The molecule has 138 valence electrons. The van der Waals surface area contributed by atoms with Gasteiger partial charge in [-0.1, -0.05) is 19.3 Å². The van der Waals surface area contributed by atoms with Crippen molar-refractivity contribution >= 4 is 30.7 Å². The third kappa shape index (κ3) is 5.42. The summed E-state index contributed by atoms with van der Waals surface area (Å²) in [6, 6.07) is 3.54. The van der Waals surface area contributed by atoms with Crippen LogP contribution < -0.4 is 11.1 Å². The maximum Gasteiger partial charge on any atom is 0.251 e. The Morgan fingerprint density at radius 1 is 1.28 bits per heavy atom. The van der Waals surface area contributed by atoms with E-state index in [0.717, 1.165) is 12.8 Å². The van der Waals surface area contributed by atoms with E-state index >= 15 is 0 Å². The smallest absolute Gasteiger partial charge is 0.251 e. The highest BCUT2D eigenvalue weighted by molar-refractivity contribution is 5.94. The van der Waals surface area contributed by atoms with E-state index in [9.17, 15) is 4.79 Å². The van der Waals surface area contributed by atoms with E-state index in [1.165, 1.54) is 19.3 Å². The van der Waals surface area contributed by atoms with Crippen LogP contribution in [0.1, 0.15) is 42.5 Å². The molecule has 1 atom stereocenters. The van der Waals surface area contributed by atoms with Gasteiger partial charge in [-0.15, -0.1) is 24.8 Å². The van der Waals surface area contributed by atoms with Gasteiger partial charge in [-0.3, -0.25) is 9.36 Å². The van der Waals surface area contributed by atoms with E-state index < -0.39 is 0 Å². The molecule has 0 radical (unpaired) electrons. The van der Waals surface area contributed by atoms with E-state index in [1.807, 2.05) is 0 Å². The van der Waals surface area contributed by atoms with Crippen LogP contribution in [0.5, 0.6) is 0 Å². The standard InChI is InChI=1S/C17H23N5O.2ClH/c18-11-15(13-4-2-1-3-5-13)21-17(23)14-6-7-20-16(10-14)22-9-8-19-12-22;;/h6-10,12-13,15H,1-5,11,18H2,(H,21,23);2*1H. The van der Waals surface area contributed by atoms with Crippen LogP contribution in [0, 0.1) is 5.92 Å². The lowest BCUT2D eigenvalue weighted by Crippen LogP contribution is -2.45. The third-order valence-corrected chi connectivity index (χ3v) is 4.57. The fourth-order valence-electron chi connectivity index (χ4n) is 3.25. The minimum atomic E-state index is -0.0882. The number of nitrogens with one attached hydrogen (secondary N) is 1. The fraction of sp³-hybridized carbons (Fsp3) is 0.471. The predicted octanol–water partition coefficient (Wildman–Crippen LogP) is 2.75. The molecule has 2 aromatic heterocycles. The minimum Gasteiger partial charge on any atom is -0.348 e. The van der Waals surface area contributed by atoms with Crippen LogP contribution in [-0.4, -0.2) is 33.0 Å². The van der Waals surface area contributed by atoms with Gasteiger partial charge in [0.1, 0.15) is 12.1 Å². The lowest BCUT2D eigenvalue weighted by molar-refractivity contribution is 0.0915. The number of pyridine rings is 1. The molecule has 0 saturated heterocycles. The Balaban J connectivity index is 0.00000156. The second-order valence-electron chi connectivity index (χ2n) is 6.09. The van der Waals surface area contributed by atoms with Gasteiger partial charge in [0.05, 0.1) is 0 Å². The molecule has 8 heteroatoms. The summed E-state index contributed by atoms with van der Waals surface area (Å²) in [7, 11) is 0. The molecular formula is C17H25Cl2N5O. The van der Waals surface area contributed by atoms with Gasteiger partial charge in [0.15, 0.2) is 0 Å². The number of hydrogen-bond donors (Lipinski definition) is 2. The van der Waals surface area contributed by atoms with E-state index in [4.69, 9.17) is 5.73 Å². The Labute approximate surface area is 160 Å². The van der Waals surface area contributed by atoms with Gasteiger partial charge >= 0.3 is 0 Å². The molecule has 3 N–H and O–H groups in total. The quantitative estimate of drug-likeness (QED) is 0.828. The maximum atomic E-state index is 12.6. The summed E-state index contributed by atoms with van der Waals surface area (Å²) < 4.78 is 1.78. The first kappa shape index (κ1) is 21.4. The summed E-state index contributed by atoms with van der Waals surface area (Å²) in [4.78, 5) is 20.8.